The minimum Gasteiger partial charge on any atom is -0.858 e. The first-order chi connectivity index (χ1) is 16.0. The highest BCUT2D eigenvalue weighted by Crippen LogP contribution is 2.25. The summed E-state index contributed by atoms with van der Waals surface area (Å²) in [4.78, 5) is 19.0. The number of aliphatic hydroxyl groups excluding tert-OH is 3. The van der Waals surface area contributed by atoms with Crippen LogP contribution in [0.2, 0.25) is 0 Å². The summed E-state index contributed by atoms with van der Waals surface area (Å²) < 4.78 is 13.4. The number of hydrogen-bond donors (Lipinski definition) is 3. The summed E-state index contributed by atoms with van der Waals surface area (Å²) in [5.74, 6) is 1.09. The van der Waals surface area contributed by atoms with Gasteiger partial charge in [-0.25, -0.2) is 14.8 Å². The fourth-order valence-electron chi connectivity index (χ4n) is 2.49. The third-order valence-corrected chi connectivity index (χ3v) is 4.46. The van der Waals surface area contributed by atoms with Gasteiger partial charge in [0.25, 0.3) is 0 Å². The number of likely N-dealkylation sites (N-methyl/N-ethyl adjacent to an activating group) is 1. The minimum atomic E-state index is -0.861. The molecule has 34 heavy (non-hydrogen) atoms. The Morgan fingerprint density at radius 1 is 1.09 bits per heavy atom. The second kappa shape index (κ2) is 13.5. The van der Waals surface area contributed by atoms with Crippen molar-refractivity contribution in [2.24, 2.45) is 14.1 Å². The van der Waals surface area contributed by atoms with E-state index in [4.69, 9.17) is 24.8 Å². The third kappa shape index (κ3) is 8.63. The molecule has 2 heterocycles. The molecule has 0 fully saturated rings. The molecule has 12 heteroatoms. The quantitative estimate of drug-likeness (QED) is 0.353. The van der Waals surface area contributed by atoms with Crippen LogP contribution < -0.4 is 20.3 Å². The highest BCUT2D eigenvalue weighted by molar-refractivity contribution is 5.56. The number of fused-ring (bicyclic) bond motifs is 1. The van der Waals surface area contributed by atoms with E-state index in [1.807, 2.05) is 12.1 Å². The van der Waals surface area contributed by atoms with Crippen LogP contribution in [0.3, 0.4) is 0 Å². The number of hydrogen-bond acceptors (Lipinski definition) is 9. The lowest BCUT2D eigenvalue weighted by atomic mass is 10.3. The van der Waals surface area contributed by atoms with Crippen molar-refractivity contribution in [3.8, 4) is 28.9 Å². The van der Waals surface area contributed by atoms with Gasteiger partial charge in [0.05, 0.1) is 41.5 Å². The van der Waals surface area contributed by atoms with Crippen molar-refractivity contribution < 1.29 is 34.4 Å². The van der Waals surface area contributed by atoms with Gasteiger partial charge < -0.3 is 38.9 Å². The minimum absolute atomic E-state index is 0.0525. The molecule has 12 nitrogen and oxygen atoms in total. The highest BCUT2D eigenvalue weighted by Gasteiger charge is 2.13. The lowest BCUT2D eigenvalue weighted by Gasteiger charge is -2.21. The first kappa shape index (κ1) is 28.8. The molecule has 1 aromatic carbocycles. The zero-order valence-electron chi connectivity index (χ0n) is 20.5. The van der Waals surface area contributed by atoms with Gasteiger partial charge in [0, 0.05) is 14.1 Å². The number of aliphatic hydroxyl groups is 3. The van der Waals surface area contributed by atoms with E-state index in [9.17, 15) is 9.90 Å². The van der Waals surface area contributed by atoms with Crippen LogP contribution >= 0.6 is 0 Å². The Morgan fingerprint density at radius 3 is 2.21 bits per heavy atom. The van der Waals surface area contributed by atoms with Crippen molar-refractivity contribution >= 4 is 0 Å². The lowest BCUT2D eigenvalue weighted by molar-refractivity contribution is -0.870. The SMILES string of the molecule is COc1ccccc1OCC(O)CO.C[N+](C)(C)CCO.Cn1c2ncnc-2c([O-])n(C)c1=O. The summed E-state index contributed by atoms with van der Waals surface area (Å²) in [6.07, 6.45) is 0.408. The molecule has 1 atom stereocenters. The molecule has 0 aliphatic carbocycles. The standard InChI is InChI=1S/C10H14O4.C7H8N4O2.C5H14NO/c1-13-9-4-2-3-5-10(9)14-7-8(12)6-11;1-10-5-4(8-3-9-5)6(12)11(2)7(10)13;1-6(2,3)4-5-7/h2-5,8,11-12H,6-7H2,1H3;3,12H,1-2H3;7H,4-5H2,1-3H3/q;;+1/p-1. The first-order valence-electron chi connectivity index (χ1n) is 10.5. The largest absolute Gasteiger partial charge is 0.858 e. The molecule has 0 bridgehead atoms. The van der Waals surface area contributed by atoms with Gasteiger partial charge in [-0.1, -0.05) is 12.1 Å². The lowest BCUT2D eigenvalue weighted by Crippen LogP contribution is -2.36. The van der Waals surface area contributed by atoms with Crippen molar-refractivity contribution in [2.75, 3.05) is 54.6 Å². The average Bonchev–Trinajstić information content (AvgIpc) is 3.30. The van der Waals surface area contributed by atoms with Gasteiger partial charge >= 0.3 is 5.69 Å². The van der Waals surface area contributed by atoms with Crippen LogP contribution in [0.5, 0.6) is 17.4 Å². The molecule has 0 radical (unpaired) electrons. The van der Waals surface area contributed by atoms with Crippen molar-refractivity contribution in [1.29, 1.82) is 0 Å². The first-order valence-corrected chi connectivity index (χ1v) is 10.5. The van der Waals surface area contributed by atoms with E-state index in [0.717, 1.165) is 15.6 Å². The fourth-order valence-corrected chi connectivity index (χ4v) is 2.49. The van der Waals surface area contributed by atoms with Gasteiger partial charge in [0.2, 0.25) is 0 Å². The predicted octanol–water partition coefficient (Wildman–Crippen LogP) is -1.20. The molecular weight excluding hydrogens is 446 g/mol. The summed E-state index contributed by atoms with van der Waals surface area (Å²) in [6, 6.07) is 7.14. The molecule has 190 valence electrons. The number of nitrogens with zero attached hydrogens (tertiary/aromatic N) is 5. The zero-order valence-corrected chi connectivity index (χ0v) is 20.5. The number of quaternary nitrogens is 1. The second-order valence-corrected chi connectivity index (χ2v) is 8.29. The number of rotatable bonds is 7. The Bertz CT molecular complexity index is 1030. The van der Waals surface area contributed by atoms with Crippen LogP contribution in [0.15, 0.2) is 35.4 Å². The zero-order chi connectivity index (χ0) is 25.9. The van der Waals surface area contributed by atoms with Crippen LogP contribution in [0.25, 0.3) is 11.5 Å². The number of methoxy groups -OCH3 is 1. The summed E-state index contributed by atoms with van der Waals surface area (Å²) in [7, 11) is 10.7. The topological polar surface area (TPSA) is 155 Å². The molecule has 0 saturated carbocycles. The van der Waals surface area contributed by atoms with Crippen LogP contribution in [0.4, 0.5) is 0 Å². The van der Waals surface area contributed by atoms with E-state index in [1.54, 1.807) is 26.3 Å². The van der Waals surface area contributed by atoms with Gasteiger partial charge in [-0.3, -0.25) is 4.57 Å². The second-order valence-electron chi connectivity index (χ2n) is 8.29. The number of para-hydroxylation sites is 2. The van der Waals surface area contributed by atoms with E-state index < -0.39 is 17.7 Å². The Hall–Kier alpha value is -3.19. The summed E-state index contributed by atoms with van der Waals surface area (Å²) in [5.41, 5.74) is -0.164. The number of imidazole rings is 1. The number of benzene rings is 1. The Morgan fingerprint density at radius 2 is 1.71 bits per heavy atom. The van der Waals surface area contributed by atoms with E-state index >= 15 is 0 Å². The van der Waals surface area contributed by atoms with E-state index in [1.165, 1.54) is 17.9 Å². The van der Waals surface area contributed by atoms with Crippen LogP contribution in [0.1, 0.15) is 0 Å². The van der Waals surface area contributed by atoms with Gasteiger partial charge in [-0.15, -0.1) is 0 Å². The van der Waals surface area contributed by atoms with E-state index in [2.05, 4.69) is 31.1 Å². The van der Waals surface area contributed by atoms with E-state index in [0.29, 0.717) is 17.3 Å². The number of ether oxygens (including phenoxy) is 2. The molecule has 2 aliphatic heterocycles. The third-order valence-electron chi connectivity index (χ3n) is 4.46. The van der Waals surface area contributed by atoms with Crippen molar-refractivity contribution in [3.05, 3.63) is 41.1 Å². The summed E-state index contributed by atoms with van der Waals surface area (Å²) in [6.45, 7) is 0.857. The van der Waals surface area contributed by atoms with Crippen LogP contribution in [-0.4, -0.2) is 99.6 Å². The molecule has 3 rings (SSSR count). The monoisotopic (exact) mass is 481 g/mol. The van der Waals surface area contributed by atoms with Gasteiger partial charge in [0.15, 0.2) is 17.3 Å². The maximum atomic E-state index is 11.4. The molecular formula is C22H35N5O7. The molecule has 2 aliphatic rings. The Balaban J connectivity index is 0.000000270. The maximum Gasteiger partial charge on any atom is 0.328 e. The van der Waals surface area contributed by atoms with E-state index in [-0.39, 0.29) is 25.5 Å². The summed E-state index contributed by atoms with van der Waals surface area (Å²) >= 11 is 0. The molecule has 3 N–H and O–H groups in total. The molecule has 0 amide bonds. The fraction of sp³-hybridized carbons (Fsp3) is 0.500. The smallest absolute Gasteiger partial charge is 0.328 e. The highest BCUT2D eigenvalue weighted by atomic mass is 16.5. The van der Waals surface area contributed by atoms with Gasteiger partial charge in [-0.05, 0) is 18.0 Å². The van der Waals surface area contributed by atoms with Crippen LogP contribution in [0, 0.1) is 0 Å². The average molecular weight is 482 g/mol. The molecule has 1 unspecified atom stereocenters. The predicted molar refractivity (Wildman–Crippen MR) is 124 cm³/mol. The summed E-state index contributed by atoms with van der Waals surface area (Å²) in [5, 5.41) is 37.4. The van der Waals surface area contributed by atoms with Crippen LogP contribution in [-0.2, 0) is 14.1 Å². The molecule has 0 saturated heterocycles. The van der Waals surface area contributed by atoms with Crippen molar-refractivity contribution in [3.63, 3.8) is 0 Å². The normalized spacial score (nSPS) is 11.7. The number of aromatic nitrogens is 4. The van der Waals surface area contributed by atoms with Crippen molar-refractivity contribution in [2.45, 2.75) is 6.10 Å². The Labute approximate surface area is 198 Å². The van der Waals surface area contributed by atoms with Gasteiger partial charge in [0.1, 0.15) is 31.3 Å². The molecule has 0 aromatic heterocycles. The Kier molecular flexibility index (Phi) is 11.5. The molecule has 1 aromatic rings. The van der Waals surface area contributed by atoms with Gasteiger partial charge in [-0.2, -0.15) is 0 Å². The maximum absolute atomic E-state index is 11.4. The van der Waals surface area contributed by atoms with Crippen molar-refractivity contribution in [1.82, 2.24) is 19.1 Å². The molecule has 0 spiro atoms.